The van der Waals surface area contributed by atoms with Gasteiger partial charge < -0.3 is 15.3 Å². The summed E-state index contributed by atoms with van der Waals surface area (Å²) in [6, 6.07) is 15.8. The summed E-state index contributed by atoms with van der Waals surface area (Å²) in [5.74, 6) is -1.23. The van der Waals surface area contributed by atoms with Crippen LogP contribution in [0.1, 0.15) is 43.9 Å². The number of phenolic OH excluding ortho intramolecular Hbond substituents is 1. The van der Waals surface area contributed by atoms with Gasteiger partial charge in [-0.05, 0) is 40.7 Å². The van der Waals surface area contributed by atoms with Gasteiger partial charge in [0.2, 0.25) is 0 Å². The number of aromatic hydroxyl groups is 1. The van der Waals surface area contributed by atoms with Gasteiger partial charge in [0.05, 0.1) is 0 Å². The van der Waals surface area contributed by atoms with Crippen molar-refractivity contribution in [1.82, 2.24) is 0 Å². The lowest BCUT2D eigenvalue weighted by atomic mass is 9.85. The average molecular weight is 352 g/mol. The standard InChI is InChI=1S/C12H12O2.C11H16O/c13-12(14)8-6-11(7-9-12)10-4-2-1-3-5-10;1-8-6-5-7-9(10(8)12)11(2,3)4/h1-8,13-14H,9H2;5-7,12H,1-4H3. The highest BCUT2D eigenvalue weighted by Gasteiger charge is 2.20. The second-order valence-corrected chi connectivity index (χ2v) is 7.66. The first-order valence-corrected chi connectivity index (χ1v) is 8.79. The van der Waals surface area contributed by atoms with Crippen LogP contribution in [0.5, 0.6) is 5.75 Å². The van der Waals surface area contributed by atoms with Crippen LogP contribution in [0.4, 0.5) is 0 Å². The third-order valence-corrected chi connectivity index (χ3v) is 4.31. The van der Waals surface area contributed by atoms with Crippen molar-refractivity contribution in [3.63, 3.8) is 0 Å². The van der Waals surface area contributed by atoms with E-state index in [2.05, 4.69) is 20.8 Å². The summed E-state index contributed by atoms with van der Waals surface area (Å²) in [7, 11) is 0. The van der Waals surface area contributed by atoms with Gasteiger partial charge in [0, 0.05) is 6.42 Å². The number of aliphatic hydroxyl groups is 2. The zero-order valence-electron chi connectivity index (χ0n) is 15.9. The van der Waals surface area contributed by atoms with Crippen LogP contribution in [0.25, 0.3) is 5.57 Å². The number of aryl methyl sites for hydroxylation is 1. The fourth-order valence-corrected chi connectivity index (χ4v) is 2.73. The predicted molar refractivity (Wildman–Crippen MR) is 107 cm³/mol. The van der Waals surface area contributed by atoms with Crippen molar-refractivity contribution in [2.24, 2.45) is 0 Å². The number of benzene rings is 2. The maximum atomic E-state index is 9.73. The Bertz CT molecular complexity index is 794. The summed E-state index contributed by atoms with van der Waals surface area (Å²) in [5.41, 5.74) is 4.12. The first kappa shape index (κ1) is 20.0. The minimum Gasteiger partial charge on any atom is -0.507 e. The van der Waals surface area contributed by atoms with Gasteiger partial charge in [-0.2, -0.15) is 0 Å². The first-order valence-electron chi connectivity index (χ1n) is 8.79. The third-order valence-electron chi connectivity index (χ3n) is 4.31. The fourth-order valence-electron chi connectivity index (χ4n) is 2.73. The van der Waals surface area contributed by atoms with E-state index in [1.807, 2.05) is 61.5 Å². The minimum absolute atomic E-state index is 0.0239. The summed E-state index contributed by atoms with van der Waals surface area (Å²) < 4.78 is 0. The Morgan fingerprint density at radius 3 is 2.08 bits per heavy atom. The average Bonchev–Trinajstić information content (AvgIpc) is 2.58. The summed E-state index contributed by atoms with van der Waals surface area (Å²) in [6.07, 6.45) is 5.22. The van der Waals surface area contributed by atoms with E-state index >= 15 is 0 Å². The SMILES string of the molecule is Cc1cccc(C(C)(C)C)c1O.OC1(O)C=CC(c2ccccc2)=CC1. The van der Waals surface area contributed by atoms with Crippen molar-refractivity contribution in [2.75, 3.05) is 0 Å². The van der Waals surface area contributed by atoms with E-state index in [0.29, 0.717) is 5.75 Å². The molecule has 1 aliphatic carbocycles. The molecule has 3 rings (SSSR count). The molecule has 0 unspecified atom stereocenters. The van der Waals surface area contributed by atoms with Gasteiger partial charge in [-0.25, -0.2) is 0 Å². The summed E-state index contributed by atoms with van der Waals surface area (Å²) in [5, 5.41) is 28.3. The van der Waals surface area contributed by atoms with Crippen LogP contribution in [0.3, 0.4) is 0 Å². The molecule has 0 bridgehead atoms. The van der Waals surface area contributed by atoms with Crippen molar-refractivity contribution in [3.05, 3.63) is 83.4 Å². The van der Waals surface area contributed by atoms with Crippen LogP contribution in [0.2, 0.25) is 0 Å². The molecule has 0 heterocycles. The molecule has 26 heavy (non-hydrogen) atoms. The van der Waals surface area contributed by atoms with Crippen molar-refractivity contribution < 1.29 is 15.3 Å². The molecule has 0 radical (unpaired) electrons. The summed E-state index contributed by atoms with van der Waals surface area (Å²) in [6.45, 7) is 8.22. The summed E-state index contributed by atoms with van der Waals surface area (Å²) >= 11 is 0. The predicted octanol–water partition coefficient (Wildman–Crippen LogP) is 4.71. The monoisotopic (exact) mass is 352 g/mol. The van der Waals surface area contributed by atoms with Crippen molar-refractivity contribution in [2.45, 2.75) is 45.3 Å². The fraction of sp³-hybridized carbons (Fsp3) is 0.304. The van der Waals surface area contributed by atoms with Gasteiger partial charge in [0.15, 0.2) is 5.79 Å². The molecule has 138 valence electrons. The lowest BCUT2D eigenvalue weighted by molar-refractivity contribution is -0.114. The van der Waals surface area contributed by atoms with Gasteiger partial charge >= 0.3 is 0 Å². The lowest BCUT2D eigenvalue weighted by Gasteiger charge is -2.20. The number of allylic oxidation sites excluding steroid dienone is 2. The molecule has 3 heteroatoms. The Balaban J connectivity index is 0.000000190. The van der Waals surface area contributed by atoms with Crippen molar-refractivity contribution >= 4 is 5.57 Å². The molecule has 3 N–H and O–H groups in total. The number of hydrogen-bond acceptors (Lipinski definition) is 3. The normalized spacial score (nSPS) is 15.7. The highest BCUT2D eigenvalue weighted by Crippen LogP contribution is 2.32. The molecule has 0 aliphatic heterocycles. The Morgan fingerprint density at radius 2 is 1.58 bits per heavy atom. The highest BCUT2D eigenvalue weighted by molar-refractivity contribution is 5.75. The van der Waals surface area contributed by atoms with E-state index in [-0.39, 0.29) is 11.8 Å². The number of rotatable bonds is 1. The van der Waals surface area contributed by atoms with Gasteiger partial charge in [-0.3, -0.25) is 0 Å². The van der Waals surface area contributed by atoms with Crippen LogP contribution in [-0.4, -0.2) is 21.1 Å². The molecule has 0 spiro atoms. The van der Waals surface area contributed by atoms with Gasteiger partial charge in [0.1, 0.15) is 5.75 Å². The van der Waals surface area contributed by atoms with E-state index in [9.17, 15) is 15.3 Å². The van der Waals surface area contributed by atoms with Crippen LogP contribution in [0.15, 0.2) is 66.8 Å². The van der Waals surface area contributed by atoms with Crippen molar-refractivity contribution in [1.29, 1.82) is 0 Å². The molecule has 0 saturated heterocycles. The maximum Gasteiger partial charge on any atom is 0.186 e. The smallest absolute Gasteiger partial charge is 0.186 e. The Morgan fingerprint density at radius 1 is 0.923 bits per heavy atom. The molecule has 0 aromatic heterocycles. The van der Waals surface area contributed by atoms with Gasteiger partial charge in [-0.1, -0.05) is 81.5 Å². The molecule has 0 atom stereocenters. The molecule has 2 aromatic carbocycles. The van der Waals surface area contributed by atoms with Crippen molar-refractivity contribution in [3.8, 4) is 5.75 Å². The van der Waals surface area contributed by atoms with E-state index < -0.39 is 5.79 Å². The minimum atomic E-state index is -1.67. The van der Waals surface area contributed by atoms with E-state index in [1.165, 1.54) is 6.08 Å². The first-order chi connectivity index (χ1) is 12.1. The Labute approximate surface area is 156 Å². The molecule has 2 aromatic rings. The second kappa shape index (κ2) is 7.90. The van der Waals surface area contributed by atoms with Gasteiger partial charge in [-0.15, -0.1) is 0 Å². The molecule has 0 fully saturated rings. The molecule has 1 aliphatic rings. The number of phenols is 1. The third kappa shape index (κ3) is 5.32. The second-order valence-electron chi connectivity index (χ2n) is 7.66. The van der Waals surface area contributed by atoms with E-state index in [0.717, 1.165) is 22.3 Å². The maximum absolute atomic E-state index is 9.73. The lowest BCUT2D eigenvalue weighted by Crippen LogP contribution is -2.25. The zero-order valence-corrected chi connectivity index (χ0v) is 15.9. The summed E-state index contributed by atoms with van der Waals surface area (Å²) in [4.78, 5) is 0. The number of hydrogen-bond donors (Lipinski definition) is 3. The molecule has 0 amide bonds. The largest absolute Gasteiger partial charge is 0.507 e. The highest BCUT2D eigenvalue weighted by atomic mass is 16.5. The topological polar surface area (TPSA) is 60.7 Å². The van der Waals surface area contributed by atoms with Gasteiger partial charge in [0.25, 0.3) is 0 Å². The van der Waals surface area contributed by atoms with Crippen LogP contribution in [0, 0.1) is 6.92 Å². The Hall–Kier alpha value is -2.36. The van der Waals surface area contributed by atoms with E-state index in [4.69, 9.17) is 0 Å². The van der Waals surface area contributed by atoms with Crippen LogP contribution in [-0.2, 0) is 5.41 Å². The number of para-hydroxylation sites is 1. The molecule has 0 saturated carbocycles. The Kier molecular flexibility index (Phi) is 6.06. The molecular formula is C23H28O3. The molecule has 3 nitrogen and oxygen atoms in total. The molecular weight excluding hydrogens is 324 g/mol. The van der Waals surface area contributed by atoms with Crippen LogP contribution < -0.4 is 0 Å². The van der Waals surface area contributed by atoms with E-state index in [1.54, 1.807) is 6.08 Å². The quantitative estimate of drug-likeness (QED) is 0.652. The van der Waals surface area contributed by atoms with Crippen LogP contribution >= 0.6 is 0 Å². The zero-order chi connectivity index (χ0) is 19.4.